The van der Waals surface area contributed by atoms with E-state index in [-0.39, 0.29) is 0 Å². The summed E-state index contributed by atoms with van der Waals surface area (Å²) in [4.78, 5) is 4.56. The second-order valence-electron chi connectivity index (χ2n) is 3.61. The van der Waals surface area contributed by atoms with Crippen LogP contribution in [0.4, 0.5) is 0 Å². The molecular formula is C12H12BrN. The number of hydrogen-bond acceptors (Lipinski definition) is 1. The number of aryl methyl sites for hydroxylation is 2. The Morgan fingerprint density at radius 2 is 1.79 bits per heavy atom. The average Bonchev–Trinajstić information content (AvgIpc) is 2.16. The van der Waals surface area contributed by atoms with Crippen LogP contribution in [0, 0.1) is 20.8 Å². The summed E-state index contributed by atoms with van der Waals surface area (Å²) in [6.45, 7) is 6.33. The van der Waals surface area contributed by atoms with Gasteiger partial charge in [-0.25, -0.2) is 0 Å². The van der Waals surface area contributed by atoms with E-state index in [0.717, 1.165) is 15.7 Å². The first-order valence-electron chi connectivity index (χ1n) is 4.62. The molecular weight excluding hydrogens is 238 g/mol. The van der Waals surface area contributed by atoms with Crippen LogP contribution in [0.1, 0.15) is 16.8 Å². The van der Waals surface area contributed by atoms with Crippen LogP contribution in [0.15, 0.2) is 22.7 Å². The van der Waals surface area contributed by atoms with Gasteiger partial charge in [0.05, 0.1) is 5.52 Å². The highest BCUT2D eigenvalue weighted by molar-refractivity contribution is 9.10. The maximum absolute atomic E-state index is 4.56. The molecule has 0 saturated heterocycles. The smallest absolute Gasteiger partial charge is 0.0708 e. The molecule has 2 rings (SSSR count). The lowest BCUT2D eigenvalue weighted by atomic mass is 10.0. The Balaban J connectivity index is 2.92. The van der Waals surface area contributed by atoms with Gasteiger partial charge >= 0.3 is 0 Å². The first-order valence-corrected chi connectivity index (χ1v) is 5.42. The quantitative estimate of drug-likeness (QED) is 0.690. The molecule has 0 aliphatic carbocycles. The van der Waals surface area contributed by atoms with Crippen molar-refractivity contribution in [2.24, 2.45) is 0 Å². The molecule has 0 saturated carbocycles. The van der Waals surface area contributed by atoms with Crippen molar-refractivity contribution >= 4 is 26.8 Å². The number of hydrogen-bond donors (Lipinski definition) is 0. The van der Waals surface area contributed by atoms with Crippen molar-refractivity contribution in [1.82, 2.24) is 4.98 Å². The number of fused-ring (bicyclic) bond motifs is 1. The van der Waals surface area contributed by atoms with Crippen LogP contribution in [0.25, 0.3) is 10.9 Å². The first kappa shape index (κ1) is 9.66. The standard InChI is InChI=1S/C12H12BrN/c1-7-8(2)11-6-10(13)4-5-12(11)14-9(7)3/h4-6H,1-3H3. The molecule has 0 amide bonds. The number of nitrogens with zero attached hydrogens (tertiary/aromatic N) is 1. The summed E-state index contributed by atoms with van der Waals surface area (Å²) in [5, 5.41) is 1.24. The summed E-state index contributed by atoms with van der Waals surface area (Å²) < 4.78 is 1.11. The highest BCUT2D eigenvalue weighted by atomic mass is 79.9. The van der Waals surface area contributed by atoms with Gasteiger partial charge in [-0.1, -0.05) is 15.9 Å². The van der Waals surface area contributed by atoms with Gasteiger partial charge in [0.1, 0.15) is 0 Å². The fourth-order valence-electron chi connectivity index (χ4n) is 1.64. The van der Waals surface area contributed by atoms with Crippen molar-refractivity contribution in [3.8, 4) is 0 Å². The lowest BCUT2D eigenvalue weighted by Crippen LogP contribution is -1.93. The van der Waals surface area contributed by atoms with Gasteiger partial charge in [0.25, 0.3) is 0 Å². The molecule has 14 heavy (non-hydrogen) atoms. The first-order chi connectivity index (χ1) is 6.59. The highest BCUT2D eigenvalue weighted by Crippen LogP contribution is 2.24. The van der Waals surface area contributed by atoms with E-state index in [4.69, 9.17) is 0 Å². The number of benzene rings is 1. The molecule has 0 spiro atoms. The zero-order valence-corrected chi connectivity index (χ0v) is 10.1. The molecule has 0 fully saturated rings. The summed E-state index contributed by atoms with van der Waals surface area (Å²) in [5.74, 6) is 0. The lowest BCUT2D eigenvalue weighted by Gasteiger charge is -2.08. The zero-order chi connectivity index (χ0) is 10.3. The Kier molecular flexibility index (Phi) is 2.31. The Morgan fingerprint density at radius 1 is 1.07 bits per heavy atom. The highest BCUT2D eigenvalue weighted by Gasteiger charge is 2.05. The van der Waals surface area contributed by atoms with Gasteiger partial charge in [-0.2, -0.15) is 0 Å². The van der Waals surface area contributed by atoms with Crippen molar-refractivity contribution in [3.63, 3.8) is 0 Å². The van der Waals surface area contributed by atoms with Crippen molar-refractivity contribution < 1.29 is 0 Å². The van der Waals surface area contributed by atoms with Crippen LogP contribution < -0.4 is 0 Å². The third kappa shape index (κ3) is 1.44. The van der Waals surface area contributed by atoms with Gasteiger partial charge in [0, 0.05) is 15.6 Å². The third-order valence-electron chi connectivity index (χ3n) is 2.76. The minimum atomic E-state index is 1.08. The van der Waals surface area contributed by atoms with Gasteiger partial charge in [0.2, 0.25) is 0 Å². The molecule has 0 N–H and O–H groups in total. The molecule has 0 bridgehead atoms. The van der Waals surface area contributed by atoms with Crippen molar-refractivity contribution in [2.75, 3.05) is 0 Å². The van der Waals surface area contributed by atoms with Crippen LogP contribution in [0.5, 0.6) is 0 Å². The third-order valence-corrected chi connectivity index (χ3v) is 3.25. The topological polar surface area (TPSA) is 12.9 Å². The molecule has 1 aromatic carbocycles. The SMILES string of the molecule is Cc1nc2ccc(Br)cc2c(C)c1C. The normalized spacial score (nSPS) is 10.9. The Bertz CT molecular complexity index is 503. The molecule has 0 aliphatic heterocycles. The van der Waals surface area contributed by atoms with Gasteiger partial charge in [0.15, 0.2) is 0 Å². The van der Waals surface area contributed by atoms with Crippen molar-refractivity contribution in [1.29, 1.82) is 0 Å². The maximum atomic E-state index is 4.56. The summed E-state index contributed by atoms with van der Waals surface area (Å²) >= 11 is 3.48. The monoisotopic (exact) mass is 249 g/mol. The maximum Gasteiger partial charge on any atom is 0.0708 e. The molecule has 0 unspecified atom stereocenters. The second-order valence-corrected chi connectivity index (χ2v) is 4.52. The summed E-state index contributed by atoms with van der Waals surface area (Å²) in [6, 6.07) is 6.21. The lowest BCUT2D eigenvalue weighted by molar-refractivity contribution is 1.17. The summed E-state index contributed by atoms with van der Waals surface area (Å²) in [7, 11) is 0. The van der Waals surface area contributed by atoms with E-state index in [1.54, 1.807) is 0 Å². The van der Waals surface area contributed by atoms with Crippen LogP contribution in [-0.2, 0) is 0 Å². The predicted octanol–water partition coefficient (Wildman–Crippen LogP) is 3.92. The van der Waals surface area contributed by atoms with Crippen molar-refractivity contribution in [3.05, 3.63) is 39.5 Å². The molecule has 2 aromatic rings. The average molecular weight is 250 g/mol. The predicted molar refractivity (Wildman–Crippen MR) is 63.7 cm³/mol. The number of aromatic nitrogens is 1. The minimum absolute atomic E-state index is 1.08. The molecule has 1 heterocycles. The Hall–Kier alpha value is -0.890. The van der Waals surface area contributed by atoms with E-state index >= 15 is 0 Å². The van der Waals surface area contributed by atoms with Gasteiger partial charge in [-0.05, 0) is 50.1 Å². The number of pyridine rings is 1. The van der Waals surface area contributed by atoms with E-state index in [1.165, 1.54) is 16.5 Å². The van der Waals surface area contributed by atoms with Crippen LogP contribution in [0.2, 0.25) is 0 Å². The van der Waals surface area contributed by atoms with Crippen LogP contribution in [0.3, 0.4) is 0 Å². The van der Waals surface area contributed by atoms with Gasteiger partial charge in [-0.3, -0.25) is 4.98 Å². The van der Waals surface area contributed by atoms with Gasteiger partial charge < -0.3 is 0 Å². The van der Waals surface area contributed by atoms with Crippen LogP contribution >= 0.6 is 15.9 Å². The molecule has 0 radical (unpaired) electrons. The Morgan fingerprint density at radius 3 is 2.50 bits per heavy atom. The summed E-state index contributed by atoms with van der Waals surface area (Å²) in [6.07, 6.45) is 0. The Labute approximate surface area is 92.3 Å². The second kappa shape index (κ2) is 3.35. The molecule has 1 nitrogen and oxygen atoms in total. The van der Waals surface area contributed by atoms with Gasteiger partial charge in [-0.15, -0.1) is 0 Å². The largest absolute Gasteiger partial charge is 0.253 e. The van der Waals surface area contributed by atoms with Crippen molar-refractivity contribution in [2.45, 2.75) is 20.8 Å². The molecule has 0 aliphatic rings. The van der Waals surface area contributed by atoms with E-state index in [2.05, 4.69) is 53.8 Å². The van der Waals surface area contributed by atoms with E-state index < -0.39 is 0 Å². The summed E-state index contributed by atoms with van der Waals surface area (Å²) in [5.41, 5.74) is 4.82. The molecule has 2 heteroatoms. The van der Waals surface area contributed by atoms with E-state index in [1.807, 2.05) is 6.07 Å². The zero-order valence-electron chi connectivity index (χ0n) is 8.56. The van der Waals surface area contributed by atoms with E-state index in [9.17, 15) is 0 Å². The van der Waals surface area contributed by atoms with E-state index in [0.29, 0.717) is 0 Å². The fraction of sp³-hybridized carbons (Fsp3) is 0.250. The molecule has 0 atom stereocenters. The van der Waals surface area contributed by atoms with Crippen LogP contribution in [-0.4, -0.2) is 4.98 Å². The number of rotatable bonds is 0. The fourth-order valence-corrected chi connectivity index (χ4v) is 2.01. The molecule has 72 valence electrons. The number of halogens is 1. The minimum Gasteiger partial charge on any atom is -0.253 e. The molecule has 1 aromatic heterocycles.